The van der Waals surface area contributed by atoms with Crippen molar-refractivity contribution in [3.63, 3.8) is 0 Å². The van der Waals surface area contributed by atoms with Crippen LogP contribution in [0.3, 0.4) is 0 Å². The summed E-state index contributed by atoms with van der Waals surface area (Å²) in [7, 11) is 0. The average Bonchev–Trinajstić information content (AvgIpc) is 2.16. The third-order valence-electron chi connectivity index (χ3n) is 2.77. The van der Waals surface area contributed by atoms with E-state index in [9.17, 15) is 0 Å². The van der Waals surface area contributed by atoms with E-state index in [-0.39, 0.29) is 0 Å². The molecule has 0 spiro atoms. The SMILES string of the molecule is [CH3][Sn]([CH3])([CH3])[c]1c(Cl)c(Cl)c(Cl)c(Cl)[c]1[Sn]([CH3])([CH3])[CH3]. The summed E-state index contributed by atoms with van der Waals surface area (Å²) in [5.74, 6) is 0. The minimum absolute atomic E-state index is 0.421. The van der Waals surface area contributed by atoms with Crippen LogP contribution in [-0.2, 0) is 0 Å². The van der Waals surface area contributed by atoms with Crippen molar-refractivity contribution in [3.8, 4) is 0 Å². The van der Waals surface area contributed by atoms with Crippen LogP contribution in [0.25, 0.3) is 0 Å². The molecule has 0 nitrogen and oxygen atoms in total. The van der Waals surface area contributed by atoms with Gasteiger partial charge in [0.2, 0.25) is 0 Å². The van der Waals surface area contributed by atoms with Crippen molar-refractivity contribution < 1.29 is 0 Å². The summed E-state index contributed by atoms with van der Waals surface area (Å²) < 4.78 is 2.54. The Morgan fingerprint density at radius 1 is 0.500 bits per heavy atom. The molecule has 1 rings (SSSR count). The Kier molecular flexibility index (Phi) is 6.01. The van der Waals surface area contributed by atoms with E-state index in [1.54, 1.807) is 0 Å². The molecule has 1 aromatic carbocycles. The zero-order valence-corrected chi connectivity index (χ0v) is 20.2. The Morgan fingerprint density at radius 2 is 0.722 bits per heavy atom. The fourth-order valence-corrected chi connectivity index (χ4v) is 31.4. The molecule has 0 saturated carbocycles. The van der Waals surface area contributed by atoms with Crippen LogP contribution in [0.2, 0.25) is 49.7 Å². The summed E-state index contributed by atoms with van der Waals surface area (Å²) in [5, 5.41) is 2.14. The molecule has 0 radical (unpaired) electrons. The molecule has 6 heteroatoms. The third-order valence-corrected chi connectivity index (χ3v) is 18.9. The van der Waals surface area contributed by atoms with Crippen molar-refractivity contribution in [2.24, 2.45) is 0 Å². The van der Waals surface area contributed by atoms with E-state index in [0.717, 1.165) is 0 Å². The zero-order valence-electron chi connectivity index (χ0n) is 11.5. The fourth-order valence-electron chi connectivity index (χ4n) is 2.04. The zero-order chi connectivity index (χ0) is 14.5. The first kappa shape index (κ1) is 18.0. The normalized spacial score (nSPS) is 13.0. The van der Waals surface area contributed by atoms with Gasteiger partial charge in [-0.3, -0.25) is 0 Å². The molecule has 0 unspecified atom stereocenters. The molecule has 18 heavy (non-hydrogen) atoms. The predicted molar refractivity (Wildman–Crippen MR) is 92.4 cm³/mol. The Hall–Kier alpha value is 1.98. The molecule has 0 amide bonds. The molecule has 0 aliphatic rings. The summed E-state index contributed by atoms with van der Waals surface area (Å²) >= 11 is 20.6. The van der Waals surface area contributed by atoms with Gasteiger partial charge in [0.1, 0.15) is 0 Å². The number of rotatable bonds is 2. The van der Waals surface area contributed by atoms with Crippen molar-refractivity contribution in [2.75, 3.05) is 0 Å². The number of benzene rings is 1. The van der Waals surface area contributed by atoms with Crippen LogP contribution >= 0.6 is 46.4 Å². The molecule has 1 aromatic rings. The summed E-state index contributed by atoms with van der Waals surface area (Å²) in [5.41, 5.74) is 0. The molecule has 0 bridgehead atoms. The fraction of sp³-hybridized carbons (Fsp3) is 0.500. The summed E-state index contributed by atoms with van der Waals surface area (Å²) in [4.78, 5) is 14.0. The van der Waals surface area contributed by atoms with Crippen LogP contribution in [0, 0.1) is 0 Å². The van der Waals surface area contributed by atoms with Gasteiger partial charge in [-0.1, -0.05) is 0 Å². The van der Waals surface area contributed by atoms with Gasteiger partial charge in [-0.15, -0.1) is 0 Å². The molecule has 0 aromatic heterocycles. The first-order valence-electron chi connectivity index (χ1n) is 5.76. The topological polar surface area (TPSA) is 0 Å². The molecule has 0 fully saturated rings. The van der Waals surface area contributed by atoms with Gasteiger partial charge >= 0.3 is 140 Å². The molecule has 0 aliphatic heterocycles. The first-order chi connectivity index (χ1) is 7.89. The van der Waals surface area contributed by atoms with Crippen LogP contribution < -0.4 is 7.16 Å². The van der Waals surface area contributed by atoms with E-state index in [0.29, 0.717) is 20.1 Å². The van der Waals surface area contributed by atoms with Crippen molar-refractivity contribution in [2.45, 2.75) is 29.6 Å². The maximum atomic E-state index is 6.48. The van der Waals surface area contributed by atoms with Crippen molar-refractivity contribution >= 4 is 90.3 Å². The molecular formula is C12H18Cl4Sn2. The van der Waals surface area contributed by atoms with Crippen LogP contribution in [0.15, 0.2) is 0 Å². The van der Waals surface area contributed by atoms with Gasteiger partial charge in [0, 0.05) is 0 Å². The van der Waals surface area contributed by atoms with Crippen LogP contribution in [0.5, 0.6) is 0 Å². The van der Waals surface area contributed by atoms with E-state index in [2.05, 4.69) is 29.6 Å². The van der Waals surface area contributed by atoms with E-state index in [1.165, 1.54) is 7.16 Å². The standard InChI is InChI=1S/C6Cl4.6CH3.2Sn/c7-3-1-2-4(8)6(10)5(3)9;;;;;;;;/h;6*1H3;;. The van der Waals surface area contributed by atoms with Gasteiger partial charge in [0.25, 0.3) is 0 Å². The Labute approximate surface area is 138 Å². The monoisotopic (exact) mass is 542 g/mol. The number of halogens is 4. The Balaban J connectivity index is 3.89. The first-order valence-corrected chi connectivity index (χ1v) is 27.2. The molecule has 0 heterocycles. The molecule has 0 atom stereocenters. The molecular weight excluding hydrogens is 523 g/mol. The second kappa shape index (κ2) is 6.00. The second-order valence-electron chi connectivity index (χ2n) is 6.51. The number of hydrogen-bond acceptors (Lipinski definition) is 0. The van der Waals surface area contributed by atoms with Gasteiger partial charge in [-0.25, -0.2) is 0 Å². The maximum absolute atomic E-state index is 6.48. The van der Waals surface area contributed by atoms with E-state index in [4.69, 9.17) is 46.4 Å². The molecule has 0 aliphatic carbocycles. The van der Waals surface area contributed by atoms with E-state index < -0.39 is 36.8 Å². The van der Waals surface area contributed by atoms with Crippen molar-refractivity contribution in [1.82, 2.24) is 0 Å². The molecule has 0 saturated heterocycles. The van der Waals surface area contributed by atoms with Crippen LogP contribution in [-0.4, -0.2) is 36.8 Å². The quantitative estimate of drug-likeness (QED) is 0.268. The van der Waals surface area contributed by atoms with Gasteiger partial charge < -0.3 is 0 Å². The average molecular weight is 542 g/mol. The summed E-state index contributed by atoms with van der Waals surface area (Å²) in [6, 6.07) is 0. The molecule has 0 N–H and O–H groups in total. The van der Waals surface area contributed by atoms with Crippen molar-refractivity contribution in [1.29, 1.82) is 0 Å². The Morgan fingerprint density at radius 3 is 0.889 bits per heavy atom. The van der Waals surface area contributed by atoms with Crippen LogP contribution in [0.4, 0.5) is 0 Å². The predicted octanol–water partition coefficient (Wildman–Crippen LogP) is 5.39. The van der Waals surface area contributed by atoms with Gasteiger partial charge in [-0.2, -0.15) is 0 Å². The third kappa shape index (κ3) is 3.59. The number of hydrogen-bond donors (Lipinski definition) is 0. The van der Waals surface area contributed by atoms with Crippen molar-refractivity contribution in [3.05, 3.63) is 20.1 Å². The summed E-state index contributed by atoms with van der Waals surface area (Å²) in [6.07, 6.45) is 0. The summed E-state index contributed by atoms with van der Waals surface area (Å²) in [6.45, 7) is 0. The molecule has 102 valence electrons. The van der Waals surface area contributed by atoms with E-state index >= 15 is 0 Å². The second-order valence-corrected chi connectivity index (χ2v) is 36.6. The van der Waals surface area contributed by atoms with Gasteiger partial charge in [0.15, 0.2) is 0 Å². The van der Waals surface area contributed by atoms with Gasteiger partial charge in [0.05, 0.1) is 0 Å². The van der Waals surface area contributed by atoms with Crippen LogP contribution in [0.1, 0.15) is 0 Å². The minimum atomic E-state index is -2.40. The van der Waals surface area contributed by atoms with Gasteiger partial charge in [-0.05, 0) is 0 Å². The Bertz CT molecular complexity index is 440. The van der Waals surface area contributed by atoms with E-state index in [1.807, 2.05) is 0 Å².